The van der Waals surface area contributed by atoms with E-state index < -0.39 is 16.1 Å². The summed E-state index contributed by atoms with van der Waals surface area (Å²) in [4.78, 5) is 29.2. The number of benzene rings is 2. The maximum absolute atomic E-state index is 14.1. The maximum Gasteiger partial charge on any atom is 0.303 e. The highest BCUT2D eigenvalue weighted by atomic mass is 32.2. The van der Waals surface area contributed by atoms with Crippen LogP contribution in [0.4, 0.5) is 0 Å². The summed E-state index contributed by atoms with van der Waals surface area (Å²) in [6.45, 7) is 1.61. The molecule has 0 atom stereocenters. The lowest BCUT2D eigenvalue weighted by atomic mass is 9.81. The van der Waals surface area contributed by atoms with Gasteiger partial charge in [-0.05, 0) is 85.1 Å². The van der Waals surface area contributed by atoms with Crippen molar-refractivity contribution in [2.24, 2.45) is 5.92 Å². The van der Waals surface area contributed by atoms with Crippen molar-refractivity contribution in [1.29, 1.82) is 0 Å². The van der Waals surface area contributed by atoms with Crippen molar-refractivity contribution in [3.8, 4) is 17.0 Å². The molecule has 0 spiro atoms. The Balaban J connectivity index is 1.53. The summed E-state index contributed by atoms with van der Waals surface area (Å²) in [5.74, 6) is 0.472. The number of carbonyl (C=O) groups is 2. The van der Waals surface area contributed by atoms with Gasteiger partial charge >= 0.3 is 10.2 Å². The number of rotatable bonds is 7. The summed E-state index contributed by atoms with van der Waals surface area (Å²) in [5, 5.41) is 10.7. The molecule has 2 amide bonds. The molecule has 0 unspecified atom stereocenters. The Kier molecular flexibility index (Phi) is 8.78. The predicted molar refractivity (Wildman–Crippen MR) is 174 cm³/mol. The monoisotopic (exact) mass is 634 g/mol. The van der Waals surface area contributed by atoms with Crippen LogP contribution in [0.15, 0.2) is 42.0 Å². The van der Waals surface area contributed by atoms with Gasteiger partial charge in [0, 0.05) is 61.4 Å². The molecule has 3 aliphatic rings. The van der Waals surface area contributed by atoms with Crippen molar-refractivity contribution in [3.05, 3.63) is 58.7 Å². The maximum atomic E-state index is 14.1. The van der Waals surface area contributed by atoms with Gasteiger partial charge in [0.05, 0.1) is 19.3 Å². The number of piperidine rings is 1. The van der Waals surface area contributed by atoms with E-state index >= 15 is 0 Å². The summed E-state index contributed by atoms with van der Waals surface area (Å²) < 4.78 is 35.8. The molecule has 2 fully saturated rings. The zero-order valence-corrected chi connectivity index (χ0v) is 27.0. The quantitative estimate of drug-likeness (QED) is 0.394. The number of ether oxygens (including phenoxy) is 1. The predicted octanol–water partition coefficient (Wildman–Crippen LogP) is 4.53. The molecule has 0 radical (unpaired) electrons. The van der Waals surface area contributed by atoms with E-state index in [0.29, 0.717) is 36.9 Å². The Morgan fingerprint density at radius 2 is 1.76 bits per heavy atom. The van der Waals surface area contributed by atoms with Gasteiger partial charge in [0.1, 0.15) is 5.75 Å². The highest BCUT2D eigenvalue weighted by Gasteiger charge is 2.32. The first-order valence-electron chi connectivity index (χ1n) is 15.8. The number of methoxy groups -OCH3 is 1. The third-order valence-corrected chi connectivity index (χ3v) is 11.1. The minimum Gasteiger partial charge on any atom is -0.497 e. The fraction of sp³-hybridized carbons (Fsp3) is 0.471. The Bertz CT molecular complexity index is 1760. The second-order valence-electron chi connectivity index (χ2n) is 12.7. The number of aliphatic hydroxyl groups is 1. The number of aromatic nitrogens is 1. The van der Waals surface area contributed by atoms with Gasteiger partial charge in [-0.1, -0.05) is 25.3 Å². The minimum absolute atomic E-state index is 0.0416. The van der Waals surface area contributed by atoms with E-state index in [1.54, 1.807) is 19.2 Å². The number of hydrogen-bond acceptors (Lipinski definition) is 6. The Hall–Kier alpha value is -3.67. The molecule has 1 saturated heterocycles. The molecule has 2 N–H and O–H groups in total. The number of nitrogens with zero attached hydrogens (tertiary/aromatic N) is 3. The van der Waals surface area contributed by atoms with E-state index in [9.17, 15) is 23.1 Å². The van der Waals surface area contributed by atoms with Gasteiger partial charge < -0.3 is 19.3 Å². The van der Waals surface area contributed by atoms with Crippen LogP contribution in [0.2, 0.25) is 0 Å². The third kappa shape index (κ3) is 6.01. The average molecular weight is 635 g/mol. The van der Waals surface area contributed by atoms with E-state index in [4.69, 9.17) is 4.74 Å². The Morgan fingerprint density at radius 3 is 2.42 bits per heavy atom. The van der Waals surface area contributed by atoms with Crippen molar-refractivity contribution in [3.63, 3.8) is 0 Å². The van der Waals surface area contributed by atoms with Crippen molar-refractivity contribution in [2.45, 2.75) is 57.4 Å². The van der Waals surface area contributed by atoms with E-state index in [2.05, 4.69) is 15.4 Å². The van der Waals surface area contributed by atoms with Crippen molar-refractivity contribution in [1.82, 2.24) is 18.5 Å². The molecule has 3 heterocycles. The number of nitrogens with one attached hydrogen (secondary N) is 1. The van der Waals surface area contributed by atoms with E-state index in [1.807, 2.05) is 29.2 Å². The van der Waals surface area contributed by atoms with Gasteiger partial charge in [0.2, 0.25) is 0 Å². The number of hydrogen-bond donors (Lipinski definition) is 2. The third-order valence-electron chi connectivity index (χ3n) is 9.69. The standard InChI is InChI=1S/C34H42N4O6S/c1-36(2)45(42,43)35-33(40)24-9-11-29-30(19-24)38-20-26(34(41)37-15-13-22(21-39)14-16-37)17-25-18-27(44-3)10-12-28(25)32(38)31(29)23-7-5-4-6-8-23/h9-12,17-19,22-23,39H,4-8,13-16,20-21H2,1-3H3,(H,35,40). The van der Waals surface area contributed by atoms with Gasteiger partial charge in [-0.15, -0.1) is 0 Å². The molecule has 45 heavy (non-hydrogen) atoms. The van der Waals surface area contributed by atoms with Crippen LogP contribution in [0.25, 0.3) is 28.2 Å². The van der Waals surface area contributed by atoms with Crippen LogP contribution in [0.5, 0.6) is 5.75 Å². The Labute approximate surface area is 264 Å². The molecule has 6 rings (SSSR count). The lowest BCUT2D eigenvalue weighted by molar-refractivity contribution is -0.128. The van der Waals surface area contributed by atoms with Gasteiger partial charge in [-0.2, -0.15) is 12.7 Å². The highest BCUT2D eigenvalue weighted by molar-refractivity contribution is 7.87. The zero-order chi connectivity index (χ0) is 31.9. The molecule has 1 saturated carbocycles. The van der Waals surface area contributed by atoms with Crippen LogP contribution >= 0.6 is 0 Å². The molecule has 11 heteroatoms. The van der Waals surface area contributed by atoms with Crippen LogP contribution in [0, 0.1) is 5.92 Å². The van der Waals surface area contributed by atoms with Gasteiger partial charge in [-0.25, -0.2) is 4.72 Å². The smallest absolute Gasteiger partial charge is 0.303 e. The number of amides is 2. The van der Waals surface area contributed by atoms with Crippen molar-refractivity contribution >= 4 is 39.0 Å². The summed E-state index contributed by atoms with van der Waals surface area (Å²) in [6, 6.07) is 11.4. The average Bonchev–Trinajstić information content (AvgIpc) is 3.26. The number of fused-ring (bicyclic) bond motifs is 5. The number of aliphatic hydroxyl groups excluding tert-OH is 1. The normalized spacial score (nSPS) is 17.9. The minimum atomic E-state index is -3.98. The molecule has 3 aromatic rings. The highest BCUT2D eigenvalue weighted by Crippen LogP contribution is 2.47. The van der Waals surface area contributed by atoms with Crippen LogP contribution < -0.4 is 9.46 Å². The van der Waals surface area contributed by atoms with Gasteiger partial charge in [0.25, 0.3) is 11.8 Å². The summed E-state index contributed by atoms with van der Waals surface area (Å²) >= 11 is 0. The first-order valence-corrected chi connectivity index (χ1v) is 17.2. The summed E-state index contributed by atoms with van der Waals surface area (Å²) in [5.41, 5.74) is 5.79. The van der Waals surface area contributed by atoms with Crippen LogP contribution in [0.3, 0.4) is 0 Å². The second kappa shape index (κ2) is 12.6. The summed E-state index contributed by atoms with van der Waals surface area (Å²) in [6.07, 6.45) is 9.09. The SMILES string of the molecule is COc1ccc2c(c1)C=C(C(=O)N1CCC(CO)CC1)Cn1c-2c(C2CCCCC2)c2ccc(C(=O)NS(=O)(=O)N(C)C)cc21. The first-order chi connectivity index (χ1) is 21.6. The van der Waals surface area contributed by atoms with E-state index in [0.717, 1.165) is 70.6 Å². The fourth-order valence-electron chi connectivity index (χ4n) is 7.10. The number of likely N-dealkylation sites (tertiary alicyclic amines) is 1. The molecule has 2 aliphatic heterocycles. The van der Waals surface area contributed by atoms with Crippen LogP contribution in [0.1, 0.15) is 72.3 Å². The van der Waals surface area contributed by atoms with Crippen molar-refractivity contribution in [2.75, 3.05) is 40.9 Å². The van der Waals surface area contributed by atoms with Crippen molar-refractivity contribution < 1.29 is 27.9 Å². The van der Waals surface area contributed by atoms with E-state index in [1.165, 1.54) is 26.1 Å². The lowest BCUT2D eigenvalue weighted by Crippen LogP contribution is -2.40. The van der Waals surface area contributed by atoms with Gasteiger partial charge in [-0.3, -0.25) is 9.59 Å². The Morgan fingerprint density at radius 1 is 1.02 bits per heavy atom. The molecule has 1 aromatic heterocycles. The largest absolute Gasteiger partial charge is 0.497 e. The second-order valence-corrected chi connectivity index (χ2v) is 14.6. The zero-order valence-electron chi connectivity index (χ0n) is 26.2. The van der Waals surface area contributed by atoms with E-state index in [-0.39, 0.29) is 24.0 Å². The molecule has 2 aromatic carbocycles. The lowest BCUT2D eigenvalue weighted by Gasteiger charge is -2.32. The molecule has 10 nitrogen and oxygen atoms in total. The molecule has 1 aliphatic carbocycles. The van der Waals surface area contributed by atoms with Crippen LogP contribution in [-0.2, 0) is 21.5 Å². The van der Waals surface area contributed by atoms with Gasteiger partial charge in [0.15, 0.2) is 0 Å². The fourth-order valence-corrected chi connectivity index (χ4v) is 7.64. The number of carbonyl (C=O) groups excluding carboxylic acids is 2. The first kappa shape index (κ1) is 31.3. The molecular weight excluding hydrogens is 592 g/mol. The summed E-state index contributed by atoms with van der Waals surface area (Å²) in [7, 11) is 0.387. The molecule has 0 bridgehead atoms. The molecular formula is C34H42N4O6S. The van der Waals surface area contributed by atoms with Crippen LogP contribution in [-0.4, -0.2) is 80.0 Å². The molecule has 240 valence electrons. The topological polar surface area (TPSA) is 121 Å².